The molecule has 2 rings (SSSR count). The molecule has 1 unspecified atom stereocenters. The van der Waals surface area contributed by atoms with E-state index in [2.05, 4.69) is 10.3 Å². The molecule has 1 aromatic carbocycles. The average Bonchev–Trinajstić information content (AvgIpc) is 2.50. The summed E-state index contributed by atoms with van der Waals surface area (Å²) in [5.41, 5.74) is 1.73. The summed E-state index contributed by atoms with van der Waals surface area (Å²) in [4.78, 5) is 15.8. The minimum Gasteiger partial charge on any atom is -0.468 e. The van der Waals surface area contributed by atoms with Crippen LogP contribution in [0.25, 0.3) is 0 Å². The van der Waals surface area contributed by atoms with Crippen molar-refractivity contribution in [2.45, 2.75) is 12.6 Å². The highest BCUT2D eigenvalue weighted by Crippen LogP contribution is 2.18. The number of nitrogens with zero attached hydrogens (tertiary/aromatic N) is 1. The number of hydrogen-bond acceptors (Lipinski definition) is 4. The summed E-state index contributed by atoms with van der Waals surface area (Å²) in [5.74, 6) is -0.332. The topological polar surface area (TPSA) is 51.2 Å². The maximum atomic E-state index is 11.9. The molecule has 1 N–H and O–H groups in total. The second-order valence-electron chi connectivity index (χ2n) is 4.21. The summed E-state index contributed by atoms with van der Waals surface area (Å²) < 4.78 is 4.84. The number of halogens is 1. The number of carbonyl (C=O) groups is 1. The Hall–Kier alpha value is -1.91. The molecule has 0 aliphatic carbocycles. The normalized spacial score (nSPS) is 11.9. The lowest BCUT2D eigenvalue weighted by atomic mass is 10.1. The monoisotopic (exact) mass is 290 g/mol. The number of rotatable bonds is 5. The minimum absolute atomic E-state index is 0.332. The molecule has 0 amide bonds. The van der Waals surface area contributed by atoms with Crippen LogP contribution < -0.4 is 5.32 Å². The van der Waals surface area contributed by atoms with E-state index in [1.54, 1.807) is 12.4 Å². The fraction of sp³-hybridized carbons (Fsp3) is 0.200. The second kappa shape index (κ2) is 7.03. The van der Waals surface area contributed by atoms with Gasteiger partial charge in [0.25, 0.3) is 0 Å². The third kappa shape index (κ3) is 3.56. The second-order valence-corrected chi connectivity index (χ2v) is 4.62. The number of benzene rings is 1. The maximum absolute atomic E-state index is 11.9. The van der Waals surface area contributed by atoms with Crippen LogP contribution in [0.1, 0.15) is 17.2 Å². The molecule has 104 valence electrons. The zero-order valence-corrected chi connectivity index (χ0v) is 11.8. The van der Waals surface area contributed by atoms with Crippen LogP contribution in [0.5, 0.6) is 0 Å². The number of esters is 1. The summed E-state index contributed by atoms with van der Waals surface area (Å²) in [7, 11) is 1.37. The van der Waals surface area contributed by atoms with Gasteiger partial charge in [0, 0.05) is 18.9 Å². The quantitative estimate of drug-likeness (QED) is 0.860. The highest BCUT2D eigenvalue weighted by atomic mass is 35.5. The van der Waals surface area contributed by atoms with Gasteiger partial charge in [-0.25, -0.2) is 4.79 Å². The zero-order valence-electron chi connectivity index (χ0n) is 11.0. The molecule has 0 fully saturated rings. The van der Waals surface area contributed by atoms with E-state index in [4.69, 9.17) is 16.3 Å². The molecule has 0 radical (unpaired) electrons. The molecule has 1 heterocycles. The van der Waals surface area contributed by atoms with E-state index in [-0.39, 0.29) is 5.97 Å². The Bertz CT molecular complexity index is 575. The molecule has 1 aromatic heterocycles. The standard InChI is InChI=1S/C15H15ClN2O2/c1-20-15(19)14(11-5-3-2-4-6-11)18-9-12-7-8-17-10-13(12)16/h2-8,10,14,18H,9H2,1H3. The molecular formula is C15H15ClN2O2. The third-order valence-corrected chi connectivity index (χ3v) is 3.26. The first kappa shape index (κ1) is 14.5. The average molecular weight is 291 g/mol. The number of hydrogen-bond donors (Lipinski definition) is 1. The number of methoxy groups -OCH3 is 1. The van der Waals surface area contributed by atoms with Crippen LogP contribution in [0.15, 0.2) is 48.8 Å². The van der Waals surface area contributed by atoms with Gasteiger partial charge in [-0.05, 0) is 17.2 Å². The van der Waals surface area contributed by atoms with Crippen LogP contribution in [0.4, 0.5) is 0 Å². The van der Waals surface area contributed by atoms with E-state index in [0.717, 1.165) is 11.1 Å². The van der Waals surface area contributed by atoms with Gasteiger partial charge in [-0.15, -0.1) is 0 Å². The van der Waals surface area contributed by atoms with Gasteiger partial charge < -0.3 is 4.74 Å². The molecule has 5 heteroatoms. The molecule has 20 heavy (non-hydrogen) atoms. The van der Waals surface area contributed by atoms with Crippen molar-refractivity contribution in [3.8, 4) is 0 Å². The van der Waals surface area contributed by atoms with Crippen LogP contribution in [-0.4, -0.2) is 18.1 Å². The zero-order chi connectivity index (χ0) is 14.4. The number of ether oxygens (including phenoxy) is 1. The van der Waals surface area contributed by atoms with Crippen LogP contribution in [0.2, 0.25) is 5.02 Å². The SMILES string of the molecule is COC(=O)C(NCc1ccncc1Cl)c1ccccc1. The van der Waals surface area contributed by atoms with Crippen molar-refractivity contribution in [1.29, 1.82) is 0 Å². The number of carbonyl (C=O) groups excluding carboxylic acids is 1. The Morgan fingerprint density at radius 1 is 1.35 bits per heavy atom. The first-order valence-corrected chi connectivity index (χ1v) is 6.54. The van der Waals surface area contributed by atoms with Gasteiger partial charge in [-0.1, -0.05) is 41.9 Å². The van der Waals surface area contributed by atoms with Gasteiger partial charge in [0.2, 0.25) is 0 Å². The first-order valence-electron chi connectivity index (χ1n) is 6.17. The van der Waals surface area contributed by atoms with Crippen LogP contribution in [-0.2, 0) is 16.1 Å². The van der Waals surface area contributed by atoms with Crippen LogP contribution in [0, 0.1) is 0 Å². The summed E-state index contributed by atoms with van der Waals surface area (Å²) in [6, 6.07) is 10.7. The highest BCUT2D eigenvalue weighted by molar-refractivity contribution is 6.31. The predicted octanol–water partition coefficient (Wildman–Crippen LogP) is 2.74. The fourth-order valence-electron chi connectivity index (χ4n) is 1.86. The van der Waals surface area contributed by atoms with E-state index in [1.807, 2.05) is 36.4 Å². The van der Waals surface area contributed by atoms with E-state index >= 15 is 0 Å². The Labute approximate surface area is 122 Å². The number of aromatic nitrogens is 1. The Morgan fingerprint density at radius 3 is 2.75 bits per heavy atom. The van der Waals surface area contributed by atoms with Crippen molar-refractivity contribution >= 4 is 17.6 Å². The smallest absolute Gasteiger partial charge is 0.327 e. The molecule has 0 bridgehead atoms. The predicted molar refractivity (Wildman–Crippen MR) is 77.3 cm³/mol. The summed E-state index contributed by atoms with van der Waals surface area (Å²) in [5, 5.41) is 3.72. The van der Waals surface area contributed by atoms with E-state index in [1.165, 1.54) is 7.11 Å². The highest BCUT2D eigenvalue weighted by Gasteiger charge is 2.20. The van der Waals surface area contributed by atoms with Crippen molar-refractivity contribution in [2.75, 3.05) is 7.11 Å². The van der Waals surface area contributed by atoms with Gasteiger partial charge in [-0.2, -0.15) is 0 Å². The summed E-state index contributed by atoms with van der Waals surface area (Å²) >= 11 is 6.05. The molecule has 1 atom stereocenters. The Morgan fingerprint density at radius 2 is 2.10 bits per heavy atom. The van der Waals surface area contributed by atoms with Crippen molar-refractivity contribution in [1.82, 2.24) is 10.3 Å². The molecule has 0 aliphatic rings. The van der Waals surface area contributed by atoms with Crippen LogP contribution in [0.3, 0.4) is 0 Å². The summed E-state index contributed by atoms with van der Waals surface area (Å²) in [6.07, 6.45) is 3.24. The molecule has 0 spiro atoms. The van der Waals surface area contributed by atoms with Gasteiger partial charge in [0.1, 0.15) is 6.04 Å². The van der Waals surface area contributed by atoms with E-state index in [0.29, 0.717) is 11.6 Å². The molecule has 0 saturated carbocycles. The Kier molecular flexibility index (Phi) is 5.09. The fourth-order valence-corrected chi connectivity index (χ4v) is 2.05. The molecular weight excluding hydrogens is 276 g/mol. The van der Waals surface area contributed by atoms with Gasteiger partial charge in [0.05, 0.1) is 12.1 Å². The van der Waals surface area contributed by atoms with Crippen molar-refractivity contribution < 1.29 is 9.53 Å². The third-order valence-electron chi connectivity index (χ3n) is 2.92. The lowest BCUT2D eigenvalue weighted by Crippen LogP contribution is -2.29. The van der Waals surface area contributed by atoms with E-state index in [9.17, 15) is 4.79 Å². The molecule has 0 saturated heterocycles. The van der Waals surface area contributed by atoms with Gasteiger partial charge in [-0.3, -0.25) is 10.3 Å². The lowest BCUT2D eigenvalue weighted by Gasteiger charge is -2.17. The molecule has 0 aliphatic heterocycles. The molecule has 2 aromatic rings. The Balaban J connectivity index is 2.14. The number of nitrogens with one attached hydrogen (secondary N) is 1. The van der Waals surface area contributed by atoms with Crippen molar-refractivity contribution in [3.63, 3.8) is 0 Å². The number of pyridine rings is 1. The largest absolute Gasteiger partial charge is 0.468 e. The maximum Gasteiger partial charge on any atom is 0.327 e. The first-order chi connectivity index (χ1) is 9.72. The lowest BCUT2D eigenvalue weighted by molar-refractivity contribution is -0.143. The van der Waals surface area contributed by atoms with Crippen LogP contribution >= 0.6 is 11.6 Å². The minimum atomic E-state index is -0.523. The van der Waals surface area contributed by atoms with Crippen molar-refractivity contribution in [2.24, 2.45) is 0 Å². The van der Waals surface area contributed by atoms with Gasteiger partial charge in [0.15, 0.2) is 0 Å². The molecule has 4 nitrogen and oxygen atoms in total. The van der Waals surface area contributed by atoms with Gasteiger partial charge >= 0.3 is 5.97 Å². The summed E-state index contributed by atoms with van der Waals surface area (Å²) in [6.45, 7) is 0.454. The van der Waals surface area contributed by atoms with Crippen molar-refractivity contribution in [3.05, 3.63) is 64.9 Å². The van der Waals surface area contributed by atoms with E-state index < -0.39 is 6.04 Å².